The van der Waals surface area contributed by atoms with Gasteiger partial charge in [0.1, 0.15) is 5.57 Å². The number of methoxy groups -OCH3 is 1. The molecule has 2 rings (SSSR count). The Morgan fingerprint density at radius 1 is 1.38 bits per heavy atom. The van der Waals surface area contributed by atoms with Crippen LogP contribution in [0, 0.1) is 0 Å². The number of hydrogen-bond donors (Lipinski definition) is 2. The van der Waals surface area contributed by atoms with Gasteiger partial charge in [-0.05, 0) is 36.0 Å². The normalized spacial score (nSPS) is 15.7. The Morgan fingerprint density at radius 2 is 2.12 bits per heavy atom. The third-order valence-electron chi connectivity index (χ3n) is 3.35. The van der Waals surface area contributed by atoms with Crippen molar-refractivity contribution < 1.29 is 29.0 Å². The van der Waals surface area contributed by atoms with Crippen molar-refractivity contribution in [2.24, 2.45) is 0 Å². The molecule has 1 heterocycles. The monoisotopic (exact) mass is 376 g/mol. The smallest absolute Gasteiger partial charge is 0.341 e. The second kappa shape index (κ2) is 8.26. The molecule has 8 nitrogen and oxygen atoms in total. The largest absolute Gasteiger partial charge is 0.493 e. The molecule has 0 unspecified atom stereocenters. The van der Waals surface area contributed by atoms with Crippen LogP contribution in [0.5, 0.6) is 11.5 Å². The highest BCUT2D eigenvalue weighted by Crippen LogP contribution is 2.29. The van der Waals surface area contributed by atoms with E-state index in [1.165, 1.54) is 36.3 Å². The van der Waals surface area contributed by atoms with Crippen LogP contribution in [-0.2, 0) is 14.4 Å². The molecule has 1 aromatic carbocycles. The number of carboxylic acid groups (broad SMARTS) is 1. The van der Waals surface area contributed by atoms with Crippen molar-refractivity contribution in [2.75, 3.05) is 20.3 Å². The number of carbonyl (C=O) groups is 3. The molecule has 1 aliphatic rings. The summed E-state index contributed by atoms with van der Waals surface area (Å²) in [7, 11) is 1.39. The van der Waals surface area contributed by atoms with E-state index in [-0.39, 0.29) is 28.7 Å². The number of hydrogen-bond acceptors (Lipinski definition) is 6. The van der Waals surface area contributed by atoms with Crippen LogP contribution < -0.4 is 14.8 Å². The van der Waals surface area contributed by atoms with Crippen LogP contribution in [0.2, 0.25) is 0 Å². The van der Waals surface area contributed by atoms with Gasteiger partial charge in [-0.3, -0.25) is 19.8 Å². The van der Waals surface area contributed by atoms with Crippen molar-refractivity contribution in [3.63, 3.8) is 0 Å². The summed E-state index contributed by atoms with van der Waals surface area (Å²) in [6.07, 6.45) is 2.88. The van der Waals surface area contributed by atoms with Crippen LogP contribution in [0.3, 0.4) is 0 Å². The van der Waals surface area contributed by atoms with Crippen molar-refractivity contribution >= 4 is 41.2 Å². The molecule has 0 spiro atoms. The van der Waals surface area contributed by atoms with Gasteiger partial charge >= 0.3 is 5.97 Å². The molecule has 0 aliphatic carbocycles. The van der Waals surface area contributed by atoms with Gasteiger partial charge in [0.2, 0.25) is 0 Å². The molecule has 136 valence electrons. The molecule has 0 bridgehead atoms. The minimum Gasteiger partial charge on any atom is -0.493 e. The summed E-state index contributed by atoms with van der Waals surface area (Å²) in [5, 5.41) is 11.1. The Hall–Kier alpha value is -3.20. The van der Waals surface area contributed by atoms with E-state index in [1.54, 1.807) is 6.07 Å². The third kappa shape index (κ3) is 4.25. The van der Waals surface area contributed by atoms with Gasteiger partial charge in [0.15, 0.2) is 23.2 Å². The van der Waals surface area contributed by atoms with Crippen molar-refractivity contribution in [3.05, 3.63) is 42.0 Å². The quantitative estimate of drug-likeness (QED) is 0.316. The Balaban J connectivity index is 2.33. The fourth-order valence-corrected chi connectivity index (χ4v) is 2.44. The van der Waals surface area contributed by atoms with Gasteiger partial charge in [-0.25, -0.2) is 4.79 Å². The number of amides is 2. The van der Waals surface area contributed by atoms with Gasteiger partial charge in [-0.2, -0.15) is 0 Å². The minimum absolute atomic E-state index is 0.0204. The minimum atomic E-state index is -1.12. The lowest BCUT2D eigenvalue weighted by atomic mass is 10.1. The molecule has 0 atom stereocenters. The van der Waals surface area contributed by atoms with Crippen LogP contribution in [0.25, 0.3) is 6.08 Å². The predicted molar refractivity (Wildman–Crippen MR) is 96.8 cm³/mol. The average molecular weight is 376 g/mol. The molecule has 1 aliphatic heterocycles. The van der Waals surface area contributed by atoms with Gasteiger partial charge < -0.3 is 14.6 Å². The molecule has 0 radical (unpaired) electrons. The lowest BCUT2D eigenvalue weighted by molar-refractivity contribution is -0.139. The van der Waals surface area contributed by atoms with Gasteiger partial charge in [0.25, 0.3) is 11.8 Å². The molecular formula is C17H16N2O6S. The molecule has 9 heteroatoms. The van der Waals surface area contributed by atoms with E-state index in [0.29, 0.717) is 5.56 Å². The maximum Gasteiger partial charge on any atom is 0.341 e. The molecule has 2 amide bonds. The number of carboxylic acids is 1. The van der Waals surface area contributed by atoms with Gasteiger partial charge in [-0.1, -0.05) is 12.1 Å². The summed E-state index contributed by atoms with van der Waals surface area (Å²) in [5.41, 5.74) is 0.399. The molecule has 1 fully saturated rings. The first-order valence-electron chi connectivity index (χ1n) is 7.39. The summed E-state index contributed by atoms with van der Waals surface area (Å²) in [4.78, 5) is 36.4. The first-order chi connectivity index (χ1) is 12.4. The second-order valence-electron chi connectivity index (χ2n) is 5.11. The fourth-order valence-electron chi connectivity index (χ4n) is 2.19. The fraction of sp³-hybridized carbons (Fsp3) is 0.176. The topological polar surface area (TPSA) is 105 Å². The molecule has 26 heavy (non-hydrogen) atoms. The van der Waals surface area contributed by atoms with Crippen LogP contribution in [-0.4, -0.2) is 53.2 Å². The Bertz CT molecular complexity index is 817. The number of aliphatic carboxylic acids is 1. The highest BCUT2D eigenvalue weighted by atomic mass is 32.1. The molecule has 0 aromatic heterocycles. The molecule has 1 saturated heterocycles. The maximum atomic E-state index is 12.5. The van der Waals surface area contributed by atoms with E-state index in [1.807, 2.05) is 0 Å². The van der Waals surface area contributed by atoms with Crippen LogP contribution in [0.4, 0.5) is 0 Å². The second-order valence-corrected chi connectivity index (χ2v) is 5.50. The number of ether oxygens (including phenoxy) is 2. The van der Waals surface area contributed by atoms with Crippen molar-refractivity contribution in [1.82, 2.24) is 10.2 Å². The van der Waals surface area contributed by atoms with Crippen LogP contribution in [0.15, 0.2) is 36.4 Å². The average Bonchev–Trinajstić information content (AvgIpc) is 2.60. The van der Waals surface area contributed by atoms with Crippen molar-refractivity contribution in [1.29, 1.82) is 0 Å². The molecule has 0 saturated carbocycles. The van der Waals surface area contributed by atoms with Crippen molar-refractivity contribution in [3.8, 4) is 11.5 Å². The van der Waals surface area contributed by atoms with E-state index in [0.717, 1.165) is 0 Å². The number of nitrogens with zero attached hydrogens (tertiary/aromatic N) is 1. The molecule has 1 aromatic rings. The van der Waals surface area contributed by atoms with Gasteiger partial charge in [-0.15, -0.1) is 6.58 Å². The zero-order valence-corrected chi connectivity index (χ0v) is 14.7. The van der Waals surface area contributed by atoms with E-state index in [2.05, 4.69) is 11.9 Å². The zero-order chi connectivity index (χ0) is 19.3. The third-order valence-corrected chi connectivity index (χ3v) is 3.67. The summed E-state index contributed by atoms with van der Waals surface area (Å²) in [6.45, 7) is 3.20. The van der Waals surface area contributed by atoms with Crippen LogP contribution >= 0.6 is 12.2 Å². The Morgan fingerprint density at radius 3 is 2.73 bits per heavy atom. The zero-order valence-electron chi connectivity index (χ0n) is 13.9. The maximum absolute atomic E-state index is 12.5. The van der Waals surface area contributed by atoms with Crippen LogP contribution in [0.1, 0.15) is 5.56 Å². The number of thiocarbonyl (C=S) groups is 1. The Labute approximate surface area is 154 Å². The van der Waals surface area contributed by atoms with Gasteiger partial charge in [0.05, 0.1) is 7.11 Å². The molecular weight excluding hydrogens is 360 g/mol. The highest BCUT2D eigenvalue weighted by Gasteiger charge is 2.32. The lowest BCUT2D eigenvalue weighted by Crippen LogP contribution is -2.53. The number of rotatable bonds is 7. The van der Waals surface area contributed by atoms with E-state index < -0.39 is 24.4 Å². The Kier molecular flexibility index (Phi) is 6.07. The standard InChI is InChI=1S/C17H16N2O6S/c1-3-6-19-16(23)11(15(22)18-17(19)26)7-10-4-5-12(13(8-10)24-2)25-9-14(20)21/h3-5,7-8H,1,6,9H2,2H3,(H,20,21)(H,18,22,26). The number of carbonyl (C=O) groups excluding carboxylic acids is 2. The number of nitrogens with one attached hydrogen (secondary N) is 1. The lowest BCUT2D eigenvalue weighted by Gasteiger charge is -2.27. The van der Waals surface area contributed by atoms with Crippen molar-refractivity contribution in [2.45, 2.75) is 0 Å². The van der Waals surface area contributed by atoms with E-state index in [4.69, 9.17) is 26.8 Å². The summed E-state index contributed by atoms with van der Waals surface area (Å²) >= 11 is 4.98. The highest BCUT2D eigenvalue weighted by molar-refractivity contribution is 7.80. The summed E-state index contributed by atoms with van der Waals surface area (Å²) in [5.74, 6) is -1.77. The molecule has 2 N–H and O–H groups in total. The SMILES string of the molecule is C=CCN1C(=O)C(=Cc2ccc(OCC(=O)O)c(OC)c2)C(=O)NC1=S. The van der Waals surface area contributed by atoms with E-state index >= 15 is 0 Å². The first kappa shape index (κ1) is 19.1. The predicted octanol–water partition coefficient (Wildman–Crippen LogP) is 0.971. The summed E-state index contributed by atoms with van der Waals surface area (Å²) < 4.78 is 10.3. The summed E-state index contributed by atoms with van der Waals surface area (Å²) in [6, 6.07) is 4.58. The van der Waals surface area contributed by atoms with Gasteiger partial charge in [0, 0.05) is 6.54 Å². The van der Waals surface area contributed by atoms with E-state index in [9.17, 15) is 14.4 Å². The number of benzene rings is 1. The first-order valence-corrected chi connectivity index (χ1v) is 7.80.